The van der Waals surface area contributed by atoms with Gasteiger partial charge < -0.3 is 9.47 Å². The van der Waals surface area contributed by atoms with E-state index in [-0.39, 0.29) is 5.97 Å². The first-order valence-corrected chi connectivity index (χ1v) is 8.93. The van der Waals surface area contributed by atoms with Crippen molar-refractivity contribution < 1.29 is 14.3 Å². The smallest absolute Gasteiger partial charge is 0.308 e. The maximum Gasteiger partial charge on any atom is 0.308 e. The Morgan fingerprint density at radius 1 is 1.04 bits per heavy atom. The largest absolute Gasteiger partial charge is 0.497 e. The summed E-state index contributed by atoms with van der Waals surface area (Å²) in [6, 6.07) is 17.7. The Kier molecular flexibility index (Phi) is 7.69. The van der Waals surface area contributed by atoms with Gasteiger partial charge in [0.2, 0.25) is 0 Å². The quantitative estimate of drug-likeness (QED) is 0.339. The highest BCUT2D eigenvalue weighted by Gasteiger charge is 2.12. The number of esters is 1. The number of unbranched alkanes of at least 4 members (excludes halogenated alkanes) is 1. The number of rotatable bonds is 8. The third-order valence-electron chi connectivity index (χ3n) is 3.97. The first-order chi connectivity index (χ1) is 12.6. The predicted octanol–water partition coefficient (Wildman–Crippen LogP) is 5.87. The zero-order valence-electron chi connectivity index (χ0n) is 15.7. The highest BCUT2D eigenvalue weighted by atomic mass is 16.5. The number of hydrogen-bond acceptors (Lipinski definition) is 3. The number of ether oxygens (including phenoxy) is 2. The predicted molar refractivity (Wildman–Crippen MR) is 107 cm³/mol. The van der Waals surface area contributed by atoms with Crippen LogP contribution in [0.3, 0.4) is 0 Å². The summed E-state index contributed by atoms with van der Waals surface area (Å²) in [7, 11) is 1.63. The van der Waals surface area contributed by atoms with E-state index in [1.807, 2.05) is 60.7 Å². The Morgan fingerprint density at radius 2 is 1.73 bits per heavy atom. The van der Waals surface area contributed by atoms with Crippen molar-refractivity contribution in [1.29, 1.82) is 0 Å². The lowest BCUT2D eigenvalue weighted by Gasteiger charge is -2.13. The third-order valence-corrected chi connectivity index (χ3v) is 3.97. The molecular weight excluding hydrogens is 324 g/mol. The summed E-state index contributed by atoms with van der Waals surface area (Å²) >= 11 is 0. The summed E-state index contributed by atoms with van der Waals surface area (Å²) in [5.41, 5.74) is 2.99. The molecule has 0 bridgehead atoms. The van der Waals surface area contributed by atoms with E-state index in [1.54, 1.807) is 7.11 Å². The fourth-order valence-corrected chi connectivity index (χ4v) is 2.60. The molecule has 2 rings (SSSR count). The van der Waals surface area contributed by atoms with Crippen LogP contribution in [0.25, 0.3) is 11.8 Å². The Hall–Kier alpha value is -2.81. The molecule has 0 aliphatic heterocycles. The second kappa shape index (κ2) is 10.2. The number of hydrogen-bond donors (Lipinski definition) is 0. The highest BCUT2D eigenvalue weighted by Crippen LogP contribution is 2.27. The maximum absolute atomic E-state index is 11.7. The van der Waals surface area contributed by atoms with Gasteiger partial charge in [0.1, 0.15) is 11.5 Å². The Labute approximate surface area is 156 Å². The van der Waals surface area contributed by atoms with Crippen LogP contribution in [0.5, 0.6) is 5.75 Å². The standard InChI is InChI=1S/C23H26O3/c1-4-5-11-20(13-12-19-9-7-6-8-10-19)23(26-18(2)24)21-14-16-22(25-3)17-15-21/h6-10,12-17H,4-5,11H2,1-3H3/b13-12+,23-20+. The molecule has 0 spiro atoms. The zero-order chi connectivity index (χ0) is 18.8. The van der Waals surface area contributed by atoms with Gasteiger partial charge in [-0.2, -0.15) is 0 Å². The van der Waals surface area contributed by atoms with E-state index in [2.05, 4.69) is 13.0 Å². The molecule has 0 aliphatic rings. The molecule has 0 aliphatic carbocycles. The van der Waals surface area contributed by atoms with E-state index in [9.17, 15) is 4.79 Å². The van der Waals surface area contributed by atoms with Crippen LogP contribution >= 0.6 is 0 Å². The maximum atomic E-state index is 11.7. The van der Waals surface area contributed by atoms with E-state index < -0.39 is 0 Å². The monoisotopic (exact) mass is 350 g/mol. The van der Waals surface area contributed by atoms with E-state index in [1.165, 1.54) is 6.92 Å². The molecule has 3 heteroatoms. The van der Waals surface area contributed by atoms with Gasteiger partial charge in [-0.15, -0.1) is 0 Å². The van der Waals surface area contributed by atoms with E-state index in [4.69, 9.17) is 9.47 Å². The lowest BCUT2D eigenvalue weighted by Crippen LogP contribution is -2.02. The van der Waals surface area contributed by atoms with Gasteiger partial charge in [-0.3, -0.25) is 4.79 Å². The van der Waals surface area contributed by atoms with Crippen molar-refractivity contribution in [3.05, 3.63) is 77.4 Å². The molecule has 0 saturated carbocycles. The molecule has 2 aromatic rings. The Morgan fingerprint density at radius 3 is 2.31 bits per heavy atom. The summed E-state index contributed by atoms with van der Waals surface area (Å²) in [4.78, 5) is 11.7. The number of carbonyl (C=O) groups is 1. The Balaban J connectivity index is 2.45. The molecule has 0 amide bonds. The average molecular weight is 350 g/mol. The summed E-state index contributed by atoms with van der Waals surface area (Å²) in [6.45, 7) is 3.58. The van der Waals surface area contributed by atoms with Crippen LogP contribution in [-0.4, -0.2) is 13.1 Å². The van der Waals surface area contributed by atoms with Crippen molar-refractivity contribution in [1.82, 2.24) is 0 Å². The van der Waals surface area contributed by atoms with Crippen LogP contribution in [0.4, 0.5) is 0 Å². The summed E-state index contributed by atoms with van der Waals surface area (Å²) in [5, 5.41) is 0. The van der Waals surface area contributed by atoms with Crippen LogP contribution in [0.15, 0.2) is 66.2 Å². The fourth-order valence-electron chi connectivity index (χ4n) is 2.60. The van der Waals surface area contributed by atoms with Crippen molar-refractivity contribution in [3.63, 3.8) is 0 Å². The van der Waals surface area contributed by atoms with Crippen LogP contribution in [-0.2, 0) is 9.53 Å². The van der Waals surface area contributed by atoms with Crippen LogP contribution < -0.4 is 4.74 Å². The lowest BCUT2D eigenvalue weighted by atomic mass is 10.0. The average Bonchev–Trinajstić information content (AvgIpc) is 2.67. The van der Waals surface area contributed by atoms with Crippen molar-refractivity contribution in [2.24, 2.45) is 0 Å². The summed E-state index contributed by atoms with van der Waals surface area (Å²) in [5.74, 6) is 1.06. The number of carbonyl (C=O) groups excluding carboxylic acids is 1. The molecule has 0 unspecified atom stereocenters. The lowest BCUT2D eigenvalue weighted by molar-refractivity contribution is -0.134. The van der Waals surface area contributed by atoms with E-state index >= 15 is 0 Å². The third kappa shape index (κ3) is 5.92. The van der Waals surface area contributed by atoms with Gasteiger partial charge in [-0.1, -0.05) is 55.8 Å². The van der Waals surface area contributed by atoms with Crippen molar-refractivity contribution in [3.8, 4) is 5.75 Å². The molecule has 26 heavy (non-hydrogen) atoms. The number of allylic oxidation sites excluding steroid dienone is 2. The molecule has 0 radical (unpaired) electrons. The second-order valence-corrected chi connectivity index (χ2v) is 6.02. The number of benzene rings is 2. The van der Waals surface area contributed by atoms with Gasteiger partial charge in [-0.25, -0.2) is 0 Å². The van der Waals surface area contributed by atoms with Gasteiger partial charge in [0.05, 0.1) is 7.11 Å². The van der Waals surface area contributed by atoms with E-state index in [0.29, 0.717) is 5.76 Å². The SMILES string of the molecule is CCCCC(/C=C/c1ccccc1)=C(\OC(C)=O)c1ccc(OC)cc1. The van der Waals surface area contributed by atoms with Gasteiger partial charge in [0, 0.05) is 12.5 Å². The van der Waals surface area contributed by atoms with E-state index in [0.717, 1.165) is 41.7 Å². The fraction of sp³-hybridized carbons (Fsp3) is 0.261. The van der Waals surface area contributed by atoms with Gasteiger partial charge in [-0.05, 0) is 48.2 Å². The van der Waals surface area contributed by atoms with Crippen LogP contribution in [0.2, 0.25) is 0 Å². The highest BCUT2D eigenvalue weighted by molar-refractivity contribution is 5.79. The Bertz CT molecular complexity index is 756. The first kappa shape index (κ1) is 19.5. The van der Waals surface area contributed by atoms with Gasteiger partial charge in [0.15, 0.2) is 0 Å². The van der Waals surface area contributed by atoms with Crippen molar-refractivity contribution >= 4 is 17.8 Å². The normalized spacial score (nSPS) is 12.0. The molecule has 0 fully saturated rings. The molecule has 0 heterocycles. The molecule has 0 atom stereocenters. The van der Waals surface area contributed by atoms with Gasteiger partial charge in [0.25, 0.3) is 0 Å². The van der Waals surface area contributed by atoms with Crippen LogP contribution in [0, 0.1) is 0 Å². The van der Waals surface area contributed by atoms with Crippen molar-refractivity contribution in [2.75, 3.05) is 7.11 Å². The molecule has 0 saturated heterocycles. The minimum atomic E-state index is -0.321. The molecule has 3 nitrogen and oxygen atoms in total. The van der Waals surface area contributed by atoms with Gasteiger partial charge >= 0.3 is 5.97 Å². The summed E-state index contributed by atoms with van der Waals surface area (Å²) in [6.07, 6.45) is 7.04. The molecule has 0 aromatic heterocycles. The first-order valence-electron chi connectivity index (χ1n) is 8.93. The minimum Gasteiger partial charge on any atom is -0.497 e. The molecule has 136 valence electrons. The number of methoxy groups -OCH3 is 1. The van der Waals surface area contributed by atoms with Crippen LogP contribution in [0.1, 0.15) is 44.2 Å². The second-order valence-electron chi connectivity index (χ2n) is 6.02. The molecule has 2 aromatic carbocycles. The molecular formula is C23H26O3. The minimum absolute atomic E-state index is 0.321. The summed E-state index contributed by atoms with van der Waals surface area (Å²) < 4.78 is 10.8. The van der Waals surface area contributed by atoms with Crippen molar-refractivity contribution in [2.45, 2.75) is 33.1 Å². The topological polar surface area (TPSA) is 35.5 Å². The zero-order valence-corrected chi connectivity index (χ0v) is 15.7. The molecule has 0 N–H and O–H groups in total.